The molecule has 1 saturated heterocycles. The number of nitrogens with zero attached hydrogens (tertiary/aromatic N) is 1. The third-order valence-electron chi connectivity index (χ3n) is 3.48. The zero-order valence-electron chi connectivity index (χ0n) is 11.8. The van der Waals surface area contributed by atoms with Gasteiger partial charge < -0.3 is 4.90 Å². The maximum atomic E-state index is 12.6. The van der Waals surface area contributed by atoms with Crippen LogP contribution in [0.15, 0.2) is 24.3 Å². The molecule has 1 aliphatic heterocycles. The van der Waals surface area contributed by atoms with Gasteiger partial charge in [-0.2, -0.15) is 13.2 Å². The van der Waals surface area contributed by atoms with E-state index in [1.165, 1.54) is 12.1 Å². The molecule has 1 heterocycles. The van der Waals surface area contributed by atoms with Gasteiger partial charge in [0, 0.05) is 18.7 Å². The van der Waals surface area contributed by atoms with Gasteiger partial charge in [-0.05, 0) is 24.1 Å². The zero-order chi connectivity index (χ0) is 15.5. The van der Waals surface area contributed by atoms with Crippen LogP contribution >= 0.6 is 11.8 Å². The molecule has 116 valence electrons. The van der Waals surface area contributed by atoms with Gasteiger partial charge >= 0.3 is 6.18 Å². The Balaban J connectivity index is 2.11. The van der Waals surface area contributed by atoms with Crippen LogP contribution in [0, 0.1) is 0 Å². The Labute approximate surface area is 126 Å². The van der Waals surface area contributed by atoms with E-state index in [-0.39, 0.29) is 11.3 Å². The van der Waals surface area contributed by atoms with Crippen molar-refractivity contribution in [2.24, 2.45) is 0 Å². The fraction of sp³-hybridized carbons (Fsp3) is 0.533. The number of thioether (sulfide) groups is 1. The minimum Gasteiger partial charge on any atom is -0.326 e. The number of unbranched alkanes of at least 4 members (excludes halogenated alkanes) is 1. The second-order valence-electron chi connectivity index (χ2n) is 5.03. The Bertz CT molecular complexity index is 487. The highest BCUT2D eigenvalue weighted by Gasteiger charge is 2.33. The van der Waals surface area contributed by atoms with E-state index in [0.29, 0.717) is 13.0 Å². The average Bonchev–Trinajstić information content (AvgIpc) is 2.93. The summed E-state index contributed by atoms with van der Waals surface area (Å²) < 4.78 is 37.7. The minimum atomic E-state index is -4.32. The van der Waals surface area contributed by atoms with E-state index in [0.717, 1.165) is 36.3 Å². The van der Waals surface area contributed by atoms with E-state index >= 15 is 0 Å². The van der Waals surface area contributed by atoms with Crippen molar-refractivity contribution < 1.29 is 18.0 Å². The van der Waals surface area contributed by atoms with Crippen LogP contribution in [-0.2, 0) is 11.0 Å². The van der Waals surface area contributed by atoms with Crippen molar-refractivity contribution >= 4 is 17.7 Å². The van der Waals surface area contributed by atoms with Crippen LogP contribution in [0.3, 0.4) is 0 Å². The number of halogens is 3. The molecule has 0 aromatic heterocycles. The van der Waals surface area contributed by atoms with Crippen molar-refractivity contribution in [3.8, 4) is 0 Å². The van der Waals surface area contributed by atoms with Crippen molar-refractivity contribution in [3.63, 3.8) is 0 Å². The van der Waals surface area contributed by atoms with E-state index < -0.39 is 11.7 Å². The standard InChI is InChI=1S/C15H18F3NOS/c1-2-3-4-13(20)19-9-10-21-14(19)11-5-7-12(8-6-11)15(16,17)18/h5-8,14H,2-4,9-10H2,1H3. The van der Waals surface area contributed by atoms with Crippen LogP contribution in [0.4, 0.5) is 13.2 Å². The van der Waals surface area contributed by atoms with Crippen LogP contribution in [0.25, 0.3) is 0 Å². The topological polar surface area (TPSA) is 20.3 Å². The first-order chi connectivity index (χ1) is 9.93. The lowest BCUT2D eigenvalue weighted by atomic mass is 10.1. The molecule has 0 spiro atoms. The lowest BCUT2D eigenvalue weighted by Crippen LogP contribution is -2.30. The largest absolute Gasteiger partial charge is 0.416 e. The molecule has 0 radical (unpaired) electrons. The molecule has 2 nitrogen and oxygen atoms in total. The number of benzene rings is 1. The summed E-state index contributed by atoms with van der Waals surface area (Å²) in [6, 6.07) is 5.13. The predicted octanol–water partition coefficient (Wildman–Crippen LogP) is 4.47. The molecule has 0 saturated carbocycles. The molecule has 21 heavy (non-hydrogen) atoms. The highest BCUT2D eigenvalue weighted by Crippen LogP contribution is 2.39. The summed E-state index contributed by atoms with van der Waals surface area (Å²) in [5.74, 6) is 0.913. The summed E-state index contributed by atoms with van der Waals surface area (Å²) in [4.78, 5) is 13.9. The maximum Gasteiger partial charge on any atom is 0.416 e. The zero-order valence-corrected chi connectivity index (χ0v) is 12.6. The van der Waals surface area contributed by atoms with Gasteiger partial charge in [-0.15, -0.1) is 11.8 Å². The highest BCUT2D eigenvalue weighted by atomic mass is 32.2. The summed E-state index contributed by atoms with van der Waals surface area (Å²) in [6.07, 6.45) is -2.01. The molecular weight excluding hydrogens is 299 g/mol. The summed E-state index contributed by atoms with van der Waals surface area (Å²) in [6.45, 7) is 2.69. The summed E-state index contributed by atoms with van der Waals surface area (Å²) >= 11 is 1.60. The van der Waals surface area contributed by atoms with Crippen molar-refractivity contribution in [2.75, 3.05) is 12.3 Å². The van der Waals surface area contributed by atoms with Gasteiger partial charge in [0.15, 0.2) is 0 Å². The van der Waals surface area contributed by atoms with Crippen LogP contribution in [-0.4, -0.2) is 23.1 Å². The summed E-state index contributed by atoms with van der Waals surface area (Å²) in [5.41, 5.74) is 0.105. The molecule has 1 amide bonds. The van der Waals surface area contributed by atoms with E-state index in [1.807, 2.05) is 6.92 Å². The first-order valence-electron chi connectivity index (χ1n) is 7.01. The highest BCUT2D eigenvalue weighted by molar-refractivity contribution is 7.99. The Morgan fingerprint density at radius 2 is 2.00 bits per heavy atom. The van der Waals surface area contributed by atoms with Gasteiger partial charge in [0.1, 0.15) is 5.37 Å². The molecule has 1 aromatic carbocycles. The van der Waals surface area contributed by atoms with Crippen LogP contribution < -0.4 is 0 Å². The molecule has 1 atom stereocenters. The Kier molecular flexibility index (Phi) is 5.19. The van der Waals surface area contributed by atoms with E-state index in [2.05, 4.69) is 0 Å². The fourth-order valence-electron chi connectivity index (χ4n) is 2.31. The number of carbonyl (C=O) groups excluding carboxylic acids is 1. The van der Waals surface area contributed by atoms with Crippen LogP contribution in [0.2, 0.25) is 0 Å². The number of amides is 1. The molecule has 1 aromatic rings. The number of hydrogen-bond acceptors (Lipinski definition) is 2. The van der Waals surface area contributed by atoms with E-state index in [9.17, 15) is 18.0 Å². The molecule has 1 aliphatic rings. The van der Waals surface area contributed by atoms with Gasteiger partial charge in [0.25, 0.3) is 0 Å². The third kappa shape index (κ3) is 3.93. The second-order valence-corrected chi connectivity index (χ2v) is 6.22. The minimum absolute atomic E-state index is 0.0896. The Morgan fingerprint density at radius 1 is 1.33 bits per heavy atom. The monoisotopic (exact) mass is 317 g/mol. The smallest absolute Gasteiger partial charge is 0.326 e. The number of rotatable bonds is 4. The Morgan fingerprint density at radius 3 is 2.57 bits per heavy atom. The molecule has 0 bridgehead atoms. The molecule has 1 fully saturated rings. The van der Waals surface area contributed by atoms with Gasteiger partial charge in [0.05, 0.1) is 5.56 Å². The molecule has 2 rings (SSSR count). The molecule has 6 heteroatoms. The first-order valence-corrected chi connectivity index (χ1v) is 8.06. The van der Waals surface area contributed by atoms with Crippen LogP contribution in [0.5, 0.6) is 0 Å². The molecule has 0 N–H and O–H groups in total. The fourth-order valence-corrected chi connectivity index (χ4v) is 3.59. The molecular formula is C15H18F3NOS. The summed E-state index contributed by atoms with van der Waals surface area (Å²) in [7, 11) is 0. The van der Waals surface area contributed by atoms with Crippen molar-refractivity contribution in [1.82, 2.24) is 4.90 Å². The van der Waals surface area contributed by atoms with Crippen molar-refractivity contribution in [1.29, 1.82) is 0 Å². The normalized spacial score (nSPS) is 19.0. The average molecular weight is 317 g/mol. The third-order valence-corrected chi connectivity index (χ3v) is 4.74. The van der Waals surface area contributed by atoms with Gasteiger partial charge in [-0.25, -0.2) is 0 Å². The second kappa shape index (κ2) is 6.73. The number of hydrogen-bond donors (Lipinski definition) is 0. The molecule has 0 aliphatic carbocycles. The SMILES string of the molecule is CCCCC(=O)N1CCSC1c1ccc(C(F)(F)F)cc1. The lowest BCUT2D eigenvalue weighted by molar-refractivity contribution is -0.137. The number of carbonyl (C=O) groups is 1. The van der Waals surface area contributed by atoms with E-state index in [4.69, 9.17) is 0 Å². The first kappa shape index (κ1) is 16.2. The van der Waals surface area contributed by atoms with Crippen molar-refractivity contribution in [3.05, 3.63) is 35.4 Å². The van der Waals surface area contributed by atoms with Gasteiger partial charge in [-0.1, -0.05) is 25.5 Å². The molecule has 1 unspecified atom stereocenters. The predicted molar refractivity (Wildman–Crippen MR) is 77.9 cm³/mol. The van der Waals surface area contributed by atoms with Crippen molar-refractivity contribution in [2.45, 2.75) is 37.7 Å². The van der Waals surface area contributed by atoms with E-state index in [1.54, 1.807) is 16.7 Å². The van der Waals surface area contributed by atoms with Crippen LogP contribution in [0.1, 0.15) is 42.7 Å². The number of alkyl halides is 3. The van der Waals surface area contributed by atoms with Gasteiger partial charge in [0.2, 0.25) is 5.91 Å². The maximum absolute atomic E-state index is 12.6. The quantitative estimate of drug-likeness (QED) is 0.816. The van der Waals surface area contributed by atoms with Gasteiger partial charge in [-0.3, -0.25) is 4.79 Å². The Hall–Kier alpha value is -1.17. The summed E-state index contributed by atoms with van der Waals surface area (Å²) in [5, 5.41) is -0.156. The lowest BCUT2D eigenvalue weighted by Gasteiger charge is -2.24.